The Hall–Kier alpha value is 0.200. The molecule has 0 amide bonds. The van der Waals surface area contributed by atoms with Gasteiger partial charge < -0.3 is 4.74 Å². The van der Waals surface area contributed by atoms with Crippen molar-refractivity contribution < 1.29 is 9.53 Å². The Labute approximate surface area is 105 Å². The number of esters is 1. The summed E-state index contributed by atoms with van der Waals surface area (Å²) >= 11 is 2.07. The zero-order valence-corrected chi connectivity index (χ0v) is 11.8. The second-order valence-corrected chi connectivity index (χ2v) is 6.49. The summed E-state index contributed by atoms with van der Waals surface area (Å²) in [6.07, 6.45) is 3.76. The quantitative estimate of drug-likeness (QED) is 0.443. The van der Waals surface area contributed by atoms with Crippen LogP contribution in [0.25, 0.3) is 0 Å². The SMILES string of the molecule is CC1(C)[C@@H]2CC[C@@]1(C)[C@H](OC(=O)CI)C2. The van der Waals surface area contributed by atoms with E-state index in [0.717, 1.165) is 12.3 Å². The fourth-order valence-electron chi connectivity index (χ4n) is 3.50. The van der Waals surface area contributed by atoms with E-state index >= 15 is 0 Å². The van der Waals surface area contributed by atoms with Crippen LogP contribution in [0.3, 0.4) is 0 Å². The van der Waals surface area contributed by atoms with Gasteiger partial charge in [0.25, 0.3) is 0 Å². The lowest BCUT2D eigenvalue weighted by Gasteiger charge is -2.38. The van der Waals surface area contributed by atoms with E-state index in [4.69, 9.17) is 4.74 Å². The smallest absolute Gasteiger partial charge is 0.316 e. The Balaban J connectivity index is 2.15. The van der Waals surface area contributed by atoms with E-state index in [0.29, 0.717) is 9.84 Å². The van der Waals surface area contributed by atoms with Crippen LogP contribution in [0.2, 0.25) is 0 Å². The molecule has 0 spiro atoms. The van der Waals surface area contributed by atoms with Crippen LogP contribution in [-0.2, 0) is 9.53 Å². The van der Waals surface area contributed by atoms with Gasteiger partial charge in [0.1, 0.15) is 6.10 Å². The summed E-state index contributed by atoms with van der Waals surface area (Å²) in [5.74, 6) is 0.694. The maximum atomic E-state index is 11.4. The molecule has 86 valence electrons. The molecule has 0 heterocycles. The van der Waals surface area contributed by atoms with Gasteiger partial charge in [0.15, 0.2) is 0 Å². The van der Waals surface area contributed by atoms with E-state index < -0.39 is 0 Å². The third-order valence-electron chi connectivity index (χ3n) is 5.10. The molecule has 0 aromatic carbocycles. The first-order valence-electron chi connectivity index (χ1n) is 5.67. The number of hydrogen-bond acceptors (Lipinski definition) is 2. The molecule has 2 fully saturated rings. The Morgan fingerprint density at radius 2 is 2.13 bits per heavy atom. The first-order valence-corrected chi connectivity index (χ1v) is 7.20. The zero-order valence-electron chi connectivity index (χ0n) is 9.68. The maximum Gasteiger partial charge on any atom is 0.316 e. The van der Waals surface area contributed by atoms with Gasteiger partial charge >= 0.3 is 5.97 Å². The molecule has 2 saturated carbocycles. The van der Waals surface area contributed by atoms with Crippen LogP contribution >= 0.6 is 22.6 Å². The second-order valence-electron chi connectivity index (χ2n) is 5.72. The standard InChI is InChI=1S/C12H19IO2/c1-11(2)8-4-5-12(11,3)9(6-8)15-10(14)7-13/h8-9H,4-7H2,1-3H3/t8-,9-,12+/m1/s1. The molecule has 3 heteroatoms. The number of rotatable bonds is 2. The molecule has 0 unspecified atom stereocenters. The van der Waals surface area contributed by atoms with Crippen LogP contribution in [0.1, 0.15) is 40.0 Å². The van der Waals surface area contributed by atoms with Gasteiger partial charge in [-0.1, -0.05) is 43.4 Å². The van der Waals surface area contributed by atoms with Crippen LogP contribution in [0.15, 0.2) is 0 Å². The topological polar surface area (TPSA) is 26.3 Å². The predicted molar refractivity (Wildman–Crippen MR) is 68.0 cm³/mol. The highest BCUT2D eigenvalue weighted by Crippen LogP contribution is 2.66. The normalized spacial score (nSPS) is 41.9. The molecular formula is C12H19IO2. The minimum Gasteiger partial charge on any atom is -0.461 e. The van der Waals surface area contributed by atoms with E-state index in [-0.39, 0.29) is 17.5 Å². The van der Waals surface area contributed by atoms with Crippen LogP contribution in [0, 0.1) is 16.7 Å². The molecule has 0 N–H and O–H groups in total. The Kier molecular flexibility index (Phi) is 2.81. The lowest BCUT2D eigenvalue weighted by molar-refractivity contribution is -0.153. The molecule has 15 heavy (non-hydrogen) atoms. The van der Waals surface area contributed by atoms with Crippen molar-refractivity contribution in [1.29, 1.82) is 0 Å². The molecule has 3 atom stereocenters. The van der Waals surface area contributed by atoms with E-state index in [1.807, 2.05) is 0 Å². The van der Waals surface area contributed by atoms with Crippen LogP contribution in [-0.4, -0.2) is 16.5 Å². The van der Waals surface area contributed by atoms with E-state index in [1.165, 1.54) is 12.8 Å². The third kappa shape index (κ3) is 1.53. The molecule has 0 aromatic heterocycles. The second kappa shape index (κ2) is 3.60. The van der Waals surface area contributed by atoms with Gasteiger partial charge in [-0.2, -0.15) is 0 Å². The van der Waals surface area contributed by atoms with Crippen molar-refractivity contribution in [1.82, 2.24) is 0 Å². The van der Waals surface area contributed by atoms with Crippen molar-refractivity contribution in [2.24, 2.45) is 16.7 Å². The van der Waals surface area contributed by atoms with Crippen LogP contribution in [0.5, 0.6) is 0 Å². The monoisotopic (exact) mass is 322 g/mol. The molecule has 2 rings (SSSR count). The number of fused-ring (bicyclic) bond motifs is 2. The number of carbonyl (C=O) groups excluding carboxylic acids is 1. The van der Waals surface area contributed by atoms with Crippen molar-refractivity contribution in [3.05, 3.63) is 0 Å². The largest absolute Gasteiger partial charge is 0.461 e. The number of halogens is 1. The average Bonchev–Trinajstić information content (AvgIpc) is 2.50. The van der Waals surface area contributed by atoms with E-state index in [2.05, 4.69) is 43.4 Å². The number of hydrogen-bond donors (Lipinski definition) is 0. The molecule has 2 nitrogen and oxygen atoms in total. The molecule has 2 aliphatic carbocycles. The van der Waals surface area contributed by atoms with Gasteiger partial charge in [0.2, 0.25) is 0 Å². The summed E-state index contributed by atoms with van der Waals surface area (Å²) in [6, 6.07) is 0. The van der Waals surface area contributed by atoms with Gasteiger partial charge in [-0.25, -0.2) is 0 Å². The summed E-state index contributed by atoms with van der Waals surface area (Å²) in [5.41, 5.74) is 0.544. The summed E-state index contributed by atoms with van der Waals surface area (Å²) in [5, 5.41) is 0. The fraction of sp³-hybridized carbons (Fsp3) is 0.917. The van der Waals surface area contributed by atoms with Gasteiger partial charge in [-0.15, -0.1) is 0 Å². The van der Waals surface area contributed by atoms with Crippen molar-refractivity contribution >= 4 is 28.6 Å². The highest BCUT2D eigenvalue weighted by Gasteiger charge is 2.62. The first-order chi connectivity index (χ1) is 6.91. The molecule has 2 bridgehead atoms. The summed E-state index contributed by atoms with van der Waals surface area (Å²) in [6.45, 7) is 6.97. The molecule has 2 aliphatic rings. The average molecular weight is 322 g/mol. The zero-order chi connectivity index (χ0) is 11.3. The highest BCUT2D eigenvalue weighted by atomic mass is 127. The lowest BCUT2D eigenvalue weighted by atomic mass is 9.70. The molecule has 0 aliphatic heterocycles. The Bertz CT molecular complexity index is 287. The lowest BCUT2D eigenvalue weighted by Crippen LogP contribution is -2.38. The summed E-state index contributed by atoms with van der Waals surface area (Å²) < 4.78 is 6.05. The van der Waals surface area contributed by atoms with Gasteiger partial charge in [0.05, 0.1) is 4.43 Å². The van der Waals surface area contributed by atoms with Gasteiger partial charge in [-0.3, -0.25) is 4.79 Å². The molecule has 0 saturated heterocycles. The predicted octanol–water partition coefficient (Wildman–Crippen LogP) is 3.18. The highest BCUT2D eigenvalue weighted by molar-refractivity contribution is 14.1. The molecular weight excluding hydrogens is 303 g/mol. The van der Waals surface area contributed by atoms with Crippen LogP contribution in [0.4, 0.5) is 0 Å². The number of ether oxygens (including phenoxy) is 1. The minimum absolute atomic E-state index is 0.0508. The van der Waals surface area contributed by atoms with Crippen LogP contribution < -0.4 is 0 Å². The molecule has 0 radical (unpaired) electrons. The molecule has 0 aromatic rings. The number of alkyl halides is 1. The van der Waals surface area contributed by atoms with Gasteiger partial charge in [0, 0.05) is 5.41 Å². The van der Waals surface area contributed by atoms with E-state index in [1.54, 1.807) is 0 Å². The first kappa shape index (κ1) is 11.7. The van der Waals surface area contributed by atoms with Gasteiger partial charge in [-0.05, 0) is 30.6 Å². The Morgan fingerprint density at radius 1 is 1.47 bits per heavy atom. The summed E-state index contributed by atoms with van der Waals surface area (Å²) in [4.78, 5) is 11.4. The van der Waals surface area contributed by atoms with Crippen molar-refractivity contribution in [2.75, 3.05) is 4.43 Å². The van der Waals surface area contributed by atoms with E-state index in [9.17, 15) is 4.79 Å². The van der Waals surface area contributed by atoms with Crippen molar-refractivity contribution in [2.45, 2.75) is 46.1 Å². The third-order valence-corrected chi connectivity index (χ3v) is 5.72. The number of carbonyl (C=O) groups is 1. The summed E-state index contributed by atoms with van der Waals surface area (Å²) in [7, 11) is 0. The van der Waals surface area contributed by atoms with Crippen molar-refractivity contribution in [3.63, 3.8) is 0 Å². The maximum absolute atomic E-state index is 11.4. The van der Waals surface area contributed by atoms with Crippen molar-refractivity contribution in [3.8, 4) is 0 Å². The fourth-order valence-corrected chi connectivity index (χ4v) is 3.68. The Morgan fingerprint density at radius 3 is 2.53 bits per heavy atom. The minimum atomic E-state index is -0.0508.